The number of alkyl halides is 1. The van der Waals surface area contributed by atoms with E-state index in [1.165, 1.54) is 5.69 Å². The molecule has 0 amide bonds. The van der Waals surface area contributed by atoms with Crippen molar-refractivity contribution in [2.45, 2.75) is 31.6 Å². The van der Waals surface area contributed by atoms with Gasteiger partial charge < -0.3 is 0 Å². The highest BCUT2D eigenvalue weighted by Crippen LogP contribution is 2.19. The van der Waals surface area contributed by atoms with Gasteiger partial charge in [-0.3, -0.25) is 4.68 Å². The van der Waals surface area contributed by atoms with E-state index in [1.54, 1.807) is 0 Å². The molecule has 13 heavy (non-hydrogen) atoms. The van der Waals surface area contributed by atoms with Crippen LogP contribution >= 0.6 is 27.5 Å². The molecule has 0 aliphatic heterocycles. The van der Waals surface area contributed by atoms with Gasteiger partial charge in [0.05, 0.1) is 16.4 Å². The highest BCUT2D eigenvalue weighted by Gasteiger charge is 2.08. The van der Waals surface area contributed by atoms with Crippen LogP contribution in [0.1, 0.15) is 25.5 Å². The molecule has 1 aromatic heterocycles. The first-order valence-corrected chi connectivity index (χ1v) is 5.68. The number of nitrogens with zero attached hydrogens (tertiary/aromatic N) is 2. The Morgan fingerprint density at radius 2 is 2.38 bits per heavy atom. The quantitative estimate of drug-likeness (QED) is 0.765. The minimum atomic E-state index is 0.279. The first kappa shape index (κ1) is 11.1. The van der Waals surface area contributed by atoms with E-state index < -0.39 is 0 Å². The number of hydrogen-bond donors (Lipinski definition) is 0. The highest BCUT2D eigenvalue weighted by atomic mass is 79.9. The van der Waals surface area contributed by atoms with Crippen molar-refractivity contribution >= 4 is 27.5 Å². The summed E-state index contributed by atoms with van der Waals surface area (Å²) in [5.41, 5.74) is 1.22. The summed E-state index contributed by atoms with van der Waals surface area (Å²) in [7, 11) is 1.95. The van der Waals surface area contributed by atoms with Crippen LogP contribution in [0.4, 0.5) is 0 Å². The zero-order valence-corrected chi connectivity index (χ0v) is 10.3. The molecule has 0 aromatic carbocycles. The van der Waals surface area contributed by atoms with E-state index >= 15 is 0 Å². The lowest BCUT2D eigenvalue weighted by Gasteiger charge is -2.06. The zero-order chi connectivity index (χ0) is 9.84. The Morgan fingerprint density at radius 1 is 1.69 bits per heavy atom. The Morgan fingerprint density at radius 3 is 2.85 bits per heavy atom. The van der Waals surface area contributed by atoms with Gasteiger partial charge in [0.1, 0.15) is 0 Å². The topological polar surface area (TPSA) is 17.8 Å². The molecule has 0 saturated carbocycles. The second kappa shape index (κ2) is 5.01. The van der Waals surface area contributed by atoms with Crippen molar-refractivity contribution in [2.24, 2.45) is 7.05 Å². The first-order valence-electron chi connectivity index (χ1n) is 4.45. The van der Waals surface area contributed by atoms with E-state index in [1.807, 2.05) is 17.9 Å². The molecule has 0 N–H and O–H groups in total. The van der Waals surface area contributed by atoms with E-state index in [0.29, 0.717) is 0 Å². The number of hydrogen-bond acceptors (Lipinski definition) is 1. The Labute approximate surface area is 92.4 Å². The predicted octanol–water partition coefficient (Wildman–Crippen LogP) is 3.13. The van der Waals surface area contributed by atoms with Gasteiger partial charge in [0.25, 0.3) is 0 Å². The molecule has 1 rings (SSSR count). The standard InChI is InChI=1S/C9H14BrClN2/c1-3-7(11)4-5-9-8(10)6-12-13(9)2/h6-7H,3-5H2,1-2H3. The Hall–Kier alpha value is -0.0200. The summed E-state index contributed by atoms with van der Waals surface area (Å²) in [4.78, 5) is 0. The first-order chi connectivity index (χ1) is 6.15. The van der Waals surface area contributed by atoms with E-state index in [-0.39, 0.29) is 5.38 Å². The van der Waals surface area contributed by atoms with Crippen LogP contribution in [0, 0.1) is 0 Å². The van der Waals surface area contributed by atoms with Gasteiger partial charge in [0.15, 0.2) is 0 Å². The van der Waals surface area contributed by atoms with Gasteiger partial charge in [-0.1, -0.05) is 6.92 Å². The smallest absolute Gasteiger partial charge is 0.0635 e. The Kier molecular flexibility index (Phi) is 4.26. The van der Waals surface area contributed by atoms with Crippen molar-refractivity contribution in [1.29, 1.82) is 0 Å². The van der Waals surface area contributed by atoms with Crippen LogP contribution in [0.5, 0.6) is 0 Å². The maximum Gasteiger partial charge on any atom is 0.0635 e. The number of halogens is 2. The van der Waals surface area contributed by atoms with Gasteiger partial charge in [-0.2, -0.15) is 5.10 Å². The maximum atomic E-state index is 6.04. The van der Waals surface area contributed by atoms with Gasteiger partial charge in [0, 0.05) is 12.4 Å². The van der Waals surface area contributed by atoms with E-state index in [2.05, 4.69) is 28.0 Å². The van der Waals surface area contributed by atoms with Crippen molar-refractivity contribution in [1.82, 2.24) is 9.78 Å². The fourth-order valence-electron chi connectivity index (χ4n) is 1.21. The lowest BCUT2D eigenvalue weighted by atomic mass is 10.1. The van der Waals surface area contributed by atoms with Crippen LogP contribution in [-0.2, 0) is 13.5 Å². The molecule has 0 fully saturated rings. The lowest BCUT2D eigenvalue weighted by molar-refractivity contribution is 0.656. The van der Waals surface area contributed by atoms with Crippen molar-refractivity contribution in [2.75, 3.05) is 0 Å². The molecule has 74 valence electrons. The molecule has 0 radical (unpaired) electrons. The normalized spacial score (nSPS) is 13.2. The zero-order valence-electron chi connectivity index (χ0n) is 7.93. The number of aromatic nitrogens is 2. The fraction of sp³-hybridized carbons (Fsp3) is 0.667. The monoisotopic (exact) mass is 264 g/mol. The minimum Gasteiger partial charge on any atom is -0.271 e. The minimum absolute atomic E-state index is 0.279. The van der Waals surface area contributed by atoms with Crippen LogP contribution in [0.3, 0.4) is 0 Å². The molecule has 1 aromatic rings. The molecule has 0 saturated heterocycles. The van der Waals surface area contributed by atoms with E-state index in [0.717, 1.165) is 23.7 Å². The van der Waals surface area contributed by atoms with Gasteiger partial charge >= 0.3 is 0 Å². The Balaban J connectivity index is 2.53. The molecular weight excluding hydrogens is 251 g/mol. The number of rotatable bonds is 4. The summed E-state index contributed by atoms with van der Waals surface area (Å²) in [6, 6.07) is 0. The average molecular weight is 266 g/mol. The molecule has 1 heterocycles. The van der Waals surface area contributed by atoms with Crippen LogP contribution < -0.4 is 0 Å². The van der Waals surface area contributed by atoms with Crippen molar-refractivity contribution < 1.29 is 0 Å². The third-order valence-corrected chi connectivity index (χ3v) is 3.34. The molecule has 1 unspecified atom stereocenters. The largest absolute Gasteiger partial charge is 0.271 e. The molecule has 4 heteroatoms. The molecule has 0 spiro atoms. The molecule has 2 nitrogen and oxygen atoms in total. The Bertz CT molecular complexity index is 253. The summed E-state index contributed by atoms with van der Waals surface area (Å²) in [6.07, 6.45) is 4.84. The van der Waals surface area contributed by atoms with Gasteiger partial charge in [-0.15, -0.1) is 11.6 Å². The summed E-state index contributed by atoms with van der Waals surface area (Å²) < 4.78 is 2.97. The number of aryl methyl sites for hydroxylation is 1. The highest BCUT2D eigenvalue weighted by molar-refractivity contribution is 9.10. The van der Waals surface area contributed by atoms with Crippen LogP contribution in [-0.4, -0.2) is 15.2 Å². The lowest BCUT2D eigenvalue weighted by Crippen LogP contribution is -2.03. The van der Waals surface area contributed by atoms with Gasteiger partial charge in [0.2, 0.25) is 0 Å². The summed E-state index contributed by atoms with van der Waals surface area (Å²) in [5, 5.41) is 4.43. The van der Waals surface area contributed by atoms with Crippen LogP contribution in [0.15, 0.2) is 10.7 Å². The molecule has 0 bridgehead atoms. The SMILES string of the molecule is CCC(Cl)CCc1c(Br)cnn1C. The van der Waals surface area contributed by atoms with E-state index in [9.17, 15) is 0 Å². The average Bonchev–Trinajstić information content (AvgIpc) is 2.43. The second-order valence-corrected chi connectivity index (χ2v) is 4.58. The molecule has 0 aliphatic carbocycles. The van der Waals surface area contributed by atoms with Crippen molar-refractivity contribution in [3.05, 3.63) is 16.4 Å². The molecule has 1 atom stereocenters. The third-order valence-electron chi connectivity index (χ3n) is 2.15. The molecular formula is C9H14BrClN2. The summed E-state index contributed by atoms with van der Waals surface area (Å²) in [6.45, 7) is 2.11. The summed E-state index contributed by atoms with van der Waals surface area (Å²) >= 11 is 9.50. The molecule has 0 aliphatic rings. The fourth-order valence-corrected chi connectivity index (χ4v) is 1.87. The van der Waals surface area contributed by atoms with Crippen LogP contribution in [0.2, 0.25) is 0 Å². The van der Waals surface area contributed by atoms with Crippen molar-refractivity contribution in [3.8, 4) is 0 Å². The van der Waals surface area contributed by atoms with Crippen molar-refractivity contribution in [3.63, 3.8) is 0 Å². The predicted molar refractivity (Wildman–Crippen MR) is 59.2 cm³/mol. The van der Waals surface area contributed by atoms with Gasteiger partial charge in [-0.25, -0.2) is 0 Å². The van der Waals surface area contributed by atoms with Gasteiger partial charge in [-0.05, 0) is 35.2 Å². The second-order valence-electron chi connectivity index (χ2n) is 3.11. The summed E-state index contributed by atoms with van der Waals surface area (Å²) in [5.74, 6) is 0. The van der Waals surface area contributed by atoms with E-state index in [4.69, 9.17) is 11.6 Å². The van der Waals surface area contributed by atoms with Crippen LogP contribution in [0.25, 0.3) is 0 Å². The third kappa shape index (κ3) is 2.99. The maximum absolute atomic E-state index is 6.04.